The zero-order valence-electron chi connectivity index (χ0n) is 11.5. The summed E-state index contributed by atoms with van der Waals surface area (Å²) in [6.45, 7) is 3.81. The summed E-state index contributed by atoms with van der Waals surface area (Å²) < 4.78 is 2.17. The fraction of sp³-hybridized carbons (Fsp3) is 0.533. The largest absolute Gasteiger partial charge is 0.320 e. The van der Waals surface area contributed by atoms with Gasteiger partial charge in [-0.1, -0.05) is 19.8 Å². The molecule has 0 spiro atoms. The van der Waals surface area contributed by atoms with E-state index in [1.165, 1.54) is 12.8 Å². The number of hydrogen-bond donors (Lipinski definition) is 0. The maximum atomic E-state index is 12.2. The molecule has 2 heterocycles. The van der Waals surface area contributed by atoms with Crippen molar-refractivity contribution in [1.29, 1.82) is 0 Å². The Hall–Kier alpha value is -1.71. The number of rotatable bonds is 3. The second-order valence-corrected chi connectivity index (χ2v) is 5.31. The molecule has 0 saturated heterocycles. The van der Waals surface area contributed by atoms with Gasteiger partial charge in [0.25, 0.3) is 0 Å². The highest BCUT2D eigenvalue weighted by atomic mass is 16.1. The monoisotopic (exact) mass is 257 g/mol. The highest BCUT2D eigenvalue weighted by molar-refractivity contribution is 5.99. The molecule has 19 heavy (non-hydrogen) atoms. The lowest BCUT2D eigenvalue weighted by molar-refractivity contribution is 0.0977. The van der Waals surface area contributed by atoms with E-state index in [4.69, 9.17) is 0 Å². The van der Waals surface area contributed by atoms with Crippen molar-refractivity contribution >= 4 is 16.8 Å². The van der Waals surface area contributed by atoms with Crippen molar-refractivity contribution < 1.29 is 4.79 Å². The van der Waals surface area contributed by atoms with Crippen LogP contribution in [0, 0.1) is 6.92 Å². The molecule has 0 amide bonds. The predicted octanol–water partition coefficient (Wildman–Crippen LogP) is 3.45. The molecule has 0 N–H and O–H groups in total. The van der Waals surface area contributed by atoms with Gasteiger partial charge in [0, 0.05) is 24.0 Å². The molecule has 0 unspecified atom stereocenters. The quantitative estimate of drug-likeness (QED) is 0.791. The molecule has 1 aliphatic rings. The first-order valence-electron chi connectivity index (χ1n) is 7.08. The molecule has 1 saturated carbocycles. The van der Waals surface area contributed by atoms with E-state index in [9.17, 15) is 4.79 Å². The van der Waals surface area contributed by atoms with Gasteiger partial charge in [0.05, 0.1) is 5.69 Å². The van der Waals surface area contributed by atoms with Crippen LogP contribution in [0.25, 0.3) is 11.0 Å². The van der Waals surface area contributed by atoms with Crippen LogP contribution in [0.3, 0.4) is 0 Å². The van der Waals surface area contributed by atoms with Crippen molar-refractivity contribution in [2.75, 3.05) is 0 Å². The van der Waals surface area contributed by atoms with E-state index >= 15 is 0 Å². The van der Waals surface area contributed by atoms with Gasteiger partial charge in [0.15, 0.2) is 5.78 Å². The number of carbonyl (C=O) groups is 1. The van der Waals surface area contributed by atoms with Crippen molar-refractivity contribution in [3.05, 3.63) is 23.8 Å². The Balaban J connectivity index is 2.22. The molecule has 0 radical (unpaired) electrons. The molecule has 0 atom stereocenters. The fourth-order valence-corrected chi connectivity index (χ4v) is 3.02. The molecule has 4 nitrogen and oxygen atoms in total. The smallest absolute Gasteiger partial charge is 0.179 e. The van der Waals surface area contributed by atoms with E-state index in [1.807, 2.05) is 26.1 Å². The molecule has 0 aliphatic heterocycles. The predicted molar refractivity (Wildman–Crippen MR) is 74.4 cm³/mol. The summed E-state index contributed by atoms with van der Waals surface area (Å²) in [6.07, 6.45) is 7.15. The van der Waals surface area contributed by atoms with E-state index in [-0.39, 0.29) is 5.78 Å². The highest BCUT2D eigenvalue weighted by Crippen LogP contribution is 2.34. The maximum absolute atomic E-state index is 12.2. The van der Waals surface area contributed by atoms with Crippen molar-refractivity contribution in [3.8, 4) is 0 Å². The zero-order chi connectivity index (χ0) is 13.4. The van der Waals surface area contributed by atoms with E-state index in [2.05, 4.69) is 14.5 Å². The van der Waals surface area contributed by atoms with Crippen molar-refractivity contribution in [2.24, 2.45) is 0 Å². The van der Waals surface area contributed by atoms with Gasteiger partial charge < -0.3 is 4.57 Å². The average molecular weight is 257 g/mol. The van der Waals surface area contributed by atoms with Crippen LogP contribution in [0.2, 0.25) is 0 Å². The van der Waals surface area contributed by atoms with E-state index in [0.717, 1.165) is 35.4 Å². The zero-order valence-corrected chi connectivity index (χ0v) is 11.5. The first kappa shape index (κ1) is 12.3. The van der Waals surface area contributed by atoms with E-state index in [0.29, 0.717) is 12.5 Å². The van der Waals surface area contributed by atoms with Gasteiger partial charge in [0.1, 0.15) is 11.5 Å². The number of ketones is 1. The Morgan fingerprint density at radius 3 is 2.84 bits per heavy atom. The van der Waals surface area contributed by atoms with Gasteiger partial charge in [-0.2, -0.15) is 0 Å². The fourth-order valence-electron chi connectivity index (χ4n) is 3.02. The van der Waals surface area contributed by atoms with E-state index in [1.54, 1.807) is 0 Å². The van der Waals surface area contributed by atoms with Gasteiger partial charge in [-0.25, -0.2) is 9.97 Å². The van der Waals surface area contributed by atoms with Gasteiger partial charge in [-0.3, -0.25) is 4.79 Å². The third-order valence-corrected chi connectivity index (χ3v) is 3.99. The molecule has 1 fully saturated rings. The Labute approximate surface area is 112 Å². The Morgan fingerprint density at radius 2 is 2.16 bits per heavy atom. The lowest BCUT2D eigenvalue weighted by Crippen LogP contribution is -2.13. The number of aryl methyl sites for hydroxylation is 1. The third kappa shape index (κ3) is 2.05. The molecule has 3 rings (SSSR count). The summed E-state index contributed by atoms with van der Waals surface area (Å²) in [6, 6.07) is 2.39. The van der Waals surface area contributed by atoms with Gasteiger partial charge in [-0.05, 0) is 25.8 Å². The van der Waals surface area contributed by atoms with Crippen LogP contribution < -0.4 is 0 Å². The summed E-state index contributed by atoms with van der Waals surface area (Å²) in [5, 5.41) is 0.981. The minimum atomic E-state index is 0.197. The first-order chi connectivity index (χ1) is 9.20. The van der Waals surface area contributed by atoms with Crippen LogP contribution in [0.4, 0.5) is 0 Å². The van der Waals surface area contributed by atoms with Crippen LogP contribution in [-0.2, 0) is 0 Å². The number of hydrogen-bond acceptors (Lipinski definition) is 3. The average Bonchev–Trinajstić information content (AvgIpc) is 3.03. The summed E-state index contributed by atoms with van der Waals surface area (Å²) in [4.78, 5) is 21.0. The number of carbonyl (C=O) groups excluding carboxylic acids is 1. The standard InChI is InChI=1S/C15H19N3O/c1-3-14(19)13-8-11-9-16-10(2)17-15(11)18(13)12-6-4-5-7-12/h8-9,12H,3-7H2,1-2H3. The molecule has 0 bridgehead atoms. The first-order valence-corrected chi connectivity index (χ1v) is 7.08. The minimum Gasteiger partial charge on any atom is -0.320 e. The topological polar surface area (TPSA) is 47.8 Å². The number of Topliss-reactive ketones (excluding diaryl/α,β-unsaturated/α-hetero) is 1. The lowest BCUT2D eigenvalue weighted by Gasteiger charge is -2.16. The summed E-state index contributed by atoms with van der Waals surface area (Å²) >= 11 is 0. The molecular weight excluding hydrogens is 238 g/mol. The molecular formula is C15H19N3O. The van der Waals surface area contributed by atoms with Crippen LogP contribution in [0.5, 0.6) is 0 Å². The molecule has 2 aromatic heterocycles. The number of nitrogens with zero attached hydrogens (tertiary/aromatic N) is 3. The number of aromatic nitrogens is 3. The summed E-state index contributed by atoms with van der Waals surface area (Å²) in [5.41, 5.74) is 1.74. The number of fused-ring (bicyclic) bond motifs is 1. The van der Waals surface area contributed by atoms with Crippen LogP contribution in [0.15, 0.2) is 12.3 Å². The Morgan fingerprint density at radius 1 is 1.42 bits per heavy atom. The second-order valence-electron chi connectivity index (χ2n) is 5.31. The second kappa shape index (κ2) is 4.76. The summed E-state index contributed by atoms with van der Waals surface area (Å²) in [7, 11) is 0. The van der Waals surface area contributed by atoms with Crippen molar-refractivity contribution in [1.82, 2.24) is 14.5 Å². The van der Waals surface area contributed by atoms with Crippen LogP contribution >= 0.6 is 0 Å². The maximum Gasteiger partial charge on any atom is 0.179 e. The van der Waals surface area contributed by atoms with Gasteiger partial charge >= 0.3 is 0 Å². The SMILES string of the molecule is CCC(=O)c1cc2cnc(C)nc2n1C1CCCC1. The molecule has 2 aromatic rings. The highest BCUT2D eigenvalue weighted by Gasteiger charge is 2.24. The molecule has 100 valence electrons. The van der Waals surface area contributed by atoms with Gasteiger partial charge in [-0.15, -0.1) is 0 Å². The summed E-state index contributed by atoms with van der Waals surface area (Å²) in [5.74, 6) is 0.961. The Kier molecular flexibility index (Phi) is 3.09. The minimum absolute atomic E-state index is 0.197. The van der Waals surface area contributed by atoms with Crippen molar-refractivity contribution in [2.45, 2.75) is 52.0 Å². The van der Waals surface area contributed by atoms with Crippen LogP contribution in [0.1, 0.15) is 61.4 Å². The van der Waals surface area contributed by atoms with Crippen molar-refractivity contribution in [3.63, 3.8) is 0 Å². The molecule has 0 aromatic carbocycles. The normalized spacial score (nSPS) is 16.3. The van der Waals surface area contributed by atoms with E-state index < -0.39 is 0 Å². The molecule has 4 heteroatoms. The lowest BCUT2D eigenvalue weighted by atomic mass is 10.2. The molecule has 1 aliphatic carbocycles. The third-order valence-electron chi connectivity index (χ3n) is 3.99. The van der Waals surface area contributed by atoms with Gasteiger partial charge in [0.2, 0.25) is 0 Å². The van der Waals surface area contributed by atoms with Crippen LogP contribution in [-0.4, -0.2) is 20.3 Å². The Bertz CT molecular complexity index is 624.